The van der Waals surface area contributed by atoms with Crippen LogP contribution in [0.1, 0.15) is 36.3 Å². The predicted molar refractivity (Wildman–Crippen MR) is 115 cm³/mol. The second-order valence-corrected chi connectivity index (χ2v) is 8.39. The number of ketones is 1. The van der Waals surface area contributed by atoms with Gasteiger partial charge in [-0.15, -0.1) is 0 Å². The molecular weight excluding hydrogens is 430 g/mol. The molecule has 2 aliphatic rings. The number of allylic oxidation sites excluding steroid dienone is 3. The van der Waals surface area contributed by atoms with Crippen molar-refractivity contribution in [2.45, 2.75) is 25.2 Å². The van der Waals surface area contributed by atoms with Crippen molar-refractivity contribution in [2.24, 2.45) is 5.92 Å². The first-order chi connectivity index (χ1) is 14.0. The zero-order chi connectivity index (χ0) is 20.5. The highest BCUT2D eigenvalue weighted by Gasteiger charge is 2.44. The van der Waals surface area contributed by atoms with Crippen molar-refractivity contribution in [1.82, 2.24) is 5.32 Å². The third kappa shape index (κ3) is 3.67. The molecule has 3 atom stereocenters. The van der Waals surface area contributed by atoms with E-state index in [0.29, 0.717) is 12.0 Å². The van der Waals surface area contributed by atoms with Gasteiger partial charge in [-0.25, -0.2) is 4.79 Å². The van der Waals surface area contributed by atoms with Crippen molar-refractivity contribution in [1.29, 1.82) is 0 Å². The Kier molecular flexibility index (Phi) is 5.41. The van der Waals surface area contributed by atoms with E-state index in [1.165, 1.54) is 7.11 Å². The number of rotatable bonds is 3. The molecule has 0 amide bonds. The van der Waals surface area contributed by atoms with Gasteiger partial charge in [0.25, 0.3) is 0 Å². The molecule has 5 heteroatoms. The fourth-order valence-electron chi connectivity index (χ4n) is 4.40. The quantitative estimate of drug-likeness (QED) is 0.678. The van der Waals surface area contributed by atoms with Gasteiger partial charge in [-0.05, 0) is 30.2 Å². The van der Waals surface area contributed by atoms with E-state index < -0.39 is 11.9 Å². The summed E-state index contributed by atoms with van der Waals surface area (Å²) in [5.41, 5.74) is 4.16. The summed E-state index contributed by atoms with van der Waals surface area (Å²) < 4.78 is 6.01. The Morgan fingerprint density at radius 3 is 2.38 bits per heavy atom. The molecule has 1 heterocycles. The fraction of sp³-hybridized carbons (Fsp3) is 0.250. The first-order valence-electron chi connectivity index (χ1n) is 9.60. The Balaban J connectivity index is 1.84. The maximum absolute atomic E-state index is 13.4. The van der Waals surface area contributed by atoms with Gasteiger partial charge < -0.3 is 10.1 Å². The van der Waals surface area contributed by atoms with Crippen LogP contribution in [-0.4, -0.2) is 18.9 Å². The largest absolute Gasteiger partial charge is 0.466 e. The fourth-order valence-corrected chi connectivity index (χ4v) is 4.66. The van der Waals surface area contributed by atoms with Crippen molar-refractivity contribution < 1.29 is 14.3 Å². The monoisotopic (exact) mass is 451 g/mol. The smallest absolute Gasteiger partial charge is 0.336 e. The lowest BCUT2D eigenvalue weighted by molar-refractivity contribution is -0.136. The molecule has 0 saturated heterocycles. The average molecular weight is 452 g/mol. The number of halogens is 1. The summed E-state index contributed by atoms with van der Waals surface area (Å²) >= 11 is 3.46. The topological polar surface area (TPSA) is 55.4 Å². The number of carbonyl (C=O) groups is 2. The Labute approximate surface area is 178 Å². The highest BCUT2D eigenvalue weighted by molar-refractivity contribution is 9.10. The van der Waals surface area contributed by atoms with Crippen LogP contribution >= 0.6 is 15.9 Å². The molecule has 0 spiro atoms. The van der Waals surface area contributed by atoms with Gasteiger partial charge in [-0.3, -0.25) is 4.79 Å². The lowest BCUT2D eigenvalue weighted by Gasteiger charge is -2.39. The summed E-state index contributed by atoms with van der Waals surface area (Å²) in [4.78, 5) is 26.0. The number of esters is 1. The molecule has 3 unspecified atom stereocenters. The molecule has 0 aromatic heterocycles. The Morgan fingerprint density at radius 1 is 1.03 bits per heavy atom. The number of Topliss-reactive ketones (excluding diaryl/α,β-unsaturated/α-hetero) is 1. The molecular formula is C24H22BrNO3. The van der Waals surface area contributed by atoms with E-state index in [0.717, 1.165) is 27.0 Å². The third-order valence-corrected chi connectivity index (χ3v) is 6.25. The molecule has 0 bridgehead atoms. The summed E-state index contributed by atoms with van der Waals surface area (Å²) in [6.45, 7) is 1.87. The van der Waals surface area contributed by atoms with Gasteiger partial charge in [-0.2, -0.15) is 0 Å². The zero-order valence-electron chi connectivity index (χ0n) is 16.3. The summed E-state index contributed by atoms with van der Waals surface area (Å²) in [6.07, 6.45) is 2.56. The van der Waals surface area contributed by atoms with Gasteiger partial charge in [0.15, 0.2) is 0 Å². The van der Waals surface area contributed by atoms with Gasteiger partial charge >= 0.3 is 5.97 Å². The molecule has 1 aliphatic heterocycles. The van der Waals surface area contributed by atoms with E-state index in [1.807, 2.05) is 61.5 Å². The molecule has 4 nitrogen and oxygen atoms in total. The van der Waals surface area contributed by atoms with Crippen molar-refractivity contribution in [3.05, 3.63) is 93.2 Å². The highest BCUT2D eigenvalue weighted by atomic mass is 79.9. The molecule has 1 aliphatic carbocycles. The number of carbonyl (C=O) groups excluding carboxylic acids is 2. The molecule has 29 heavy (non-hydrogen) atoms. The maximum Gasteiger partial charge on any atom is 0.336 e. The lowest BCUT2D eigenvalue weighted by Crippen LogP contribution is -2.41. The molecule has 2 aromatic rings. The Morgan fingerprint density at radius 2 is 1.72 bits per heavy atom. The normalized spacial score (nSPS) is 23.8. The number of hydrogen-bond acceptors (Lipinski definition) is 4. The summed E-state index contributed by atoms with van der Waals surface area (Å²) in [5.74, 6) is -1.03. The standard InChI is InChI=1S/C24H22BrNO3/c1-14-21(24(28)29-2)22(16-8-10-18(25)11-9-16)23-19(26-14)12-17(13-20(23)27)15-6-4-3-5-7-15/h3-12,17,22-23,26H,13H2,1-2H3. The summed E-state index contributed by atoms with van der Waals surface area (Å²) in [5, 5.41) is 3.33. The minimum absolute atomic E-state index is 0.0282. The maximum atomic E-state index is 13.4. The molecule has 1 N–H and O–H groups in total. The van der Waals surface area contributed by atoms with Gasteiger partial charge in [0.05, 0.1) is 18.6 Å². The van der Waals surface area contributed by atoms with Gasteiger partial charge in [0, 0.05) is 34.1 Å². The zero-order valence-corrected chi connectivity index (χ0v) is 17.9. The van der Waals surface area contributed by atoms with Crippen molar-refractivity contribution in [3.8, 4) is 0 Å². The van der Waals surface area contributed by atoms with Gasteiger partial charge in [-0.1, -0.05) is 64.5 Å². The second-order valence-electron chi connectivity index (χ2n) is 7.47. The van der Waals surface area contributed by atoms with Crippen molar-refractivity contribution >= 4 is 27.7 Å². The van der Waals surface area contributed by atoms with Crippen LogP contribution in [0.2, 0.25) is 0 Å². The van der Waals surface area contributed by atoms with Crippen LogP contribution in [0.5, 0.6) is 0 Å². The number of nitrogens with one attached hydrogen (secondary N) is 1. The molecule has 0 radical (unpaired) electrons. The molecule has 0 fully saturated rings. The summed E-state index contributed by atoms with van der Waals surface area (Å²) in [7, 11) is 1.38. The van der Waals surface area contributed by atoms with E-state index >= 15 is 0 Å². The number of ether oxygens (including phenoxy) is 1. The van der Waals surface area contributed by atoms with Crippen molar-refractivity contribution in [2.75, 3.05) is 7.11 Å². The summed E-state index contributed by atoms with van der Waals surface area (Å²) in [6, 6.07) is 17.8. The predicted octanol–water partition coefficient (Wildman–Crippen LogP) is 4.84. The van der Waals surface area contributed by atoms with Crippen LogP contribution in [0, 0.1) is 5.92 Å². The number of fused-ring (bicyclic) bond motifs is 1. The van der Waals surface area contributed by atoms with Gasteiger partial charge in [0.2, 0.25) is 0 Å². The van der Waals surface area contributed by atoms with E-state index in [9.17, 15) is 9.59 Å². The van der Waals surface area contributed by atoms with Crippen LogP contribution in [0.25, 0.3) is 0 Å². The number of hydrogen-bond donors (Lipinski definition) is 1. The van der Waals surface area contributed by atoms with Gasteiger partial charge in [0.1, 0.15) is 5.78 Å². The highest BCUT2D eigenvalue weighted by Crippen LogP contribution is 2.46. The first kappa shape index (κ1) is 19.6. The number of methoxy groups -OCH3 is 1. The van der Waals surface area contributed by atoms with Crippen molar-refractivity contribution in [3.63, 3.8) is 0 Å². The van der Waals surface area contributed by atoms with Crippen LogP contribution in [0.4, 0.5) is 0 Å². The van der Waals surface area contributed by atoms with E-state index in [-0.39, 0.29) is 17.6 Å². The van der Waals surface area contributed by atoms with Crippen LogP contribution in [-0.2, 0) is 14.3 Å². The minimum Gasteiger partial charge on any atom is -0.466 e. The van der Waals surface area contributed by atoms with E-state index in [1.54, 1.807) is 0 Å². The third-order valence-electron chi connectivity index (χ3n) is 5.73. The SMILES string of the molecule is COC(=O)C1=C(C)NC2=CC(c3ccccc3)CC(=O)C2C1c1ccc(Br)cc1. The first-order valence-corrected chi connectivity index (χ1v) is 10.4. The lowest BCUT2D eigenvalue weighted by atomic mass is 9.68. The van der Waals surface area contributed by atoms with E-state index in [2.05, 4.69) is 27.3 Å². The average Bonchev–Trinajstić information content (AvgIpc) is 2.73. The Bertz CT molecular complexity index is 1010. The number of benzene rings is 2. The second kappa shape index (κ2) is 7.99. The van der Waals surface area contributed by atoms with Crippen LogP contribution < -0.4 is 5.32 Å². The van der Waals surface area contributed by atoms with E-state index in [4.69, 9.17) is 4.74 Å². The van der Waals surface area contributed by atoms with Crippen LogP contribution in [0.15, 0.2) is 82.1 Å². The molecule has 4 rings (SSSR count). The minimum atomic E-state index is -0.422. The molecule has 0 saturated carbocycles. The Hall–Kier alpha value is -2.66. The van der Waals surface area contributed by atoms with Crippen LogP contribution in [0.3, 0.4) is 0 Å². The molecule has 2 aromatic carbocycles. The molecule has 148 valence electrons.